The number of rotatable bonds is 5. The molecular weight excluding hydrogens is 352 g/mol. The molecule has 1 amide bonds. The number of amidine groups is 1. The maximum Gasteiger partial charge on any atom is 0.416 e. The average molecular weight is 385 g/mol. The number of fused-ring (bicyclic) bond motifs is 1. The van der Waals surface area contributed by atoms with Crippen molar-refractivity contribution >= 4 is 23.0 Å². The van der Waals surface area contributed by atoms with E-state index < -0.39 is 5.60 Å². The third-order valence-corrected chi connectivity index (χ3v) is 5.64. The summed E-state index contributed by atoms with van der Waals surface area (Å²) in [6, 6.07) is -0.135. The molecule has 5 atom stereocenters. The molecule has 0 aliphatic carbocycles. The molecule has 1 fully saturated rings. The second-order valence-electron chi connectivity index (χ2n) is 7.64. The van der Waals surface area contributed by atoms with Crippen molar-refractivity contribution in [2.45, 2.75) is 77.3 Å². The lowest BCUT2D eigenvalue weighted by Crippen LogP contribution is -2.51. The van der Waals surface area contributed by atoms with Crippen LogP contribution in [0.1, 0.15) is 48.0 Å². The number of amides is 1. The molecule has 7 heteroatoms. The zero-order valence-electron chi connectivity index (χ0n) is 16.7. The van der Waals surface area contributed by atoms with Crippen molar-refractivity contribution in [1.82, 2.24) is 4.90 Å². The minimum absolute atomic E-state index is 0.0564. The van der Waals surface area contributed by atoms with Gasteiger partial charge in [-0.25, -0.2) is 4.79 Å². The summed E-state index contributed by atoms with van der Waals surface area (Å²) in [6.45, 7) is 16.5. The molecule has 0 radical (unpaired) electrons. The van der Waals surface area contributed by atoms with Crippen LogP contribution in [-0.2, 0) is 14.2 Å². The lowest BCUT2D eigenvalue weighted by molar-refractivity contribution is -0.128. The van der Waals surface area contributed by atoms with Gasteiger partial charge in [-0.15, -0.1) is 6.58 Å². The van der Waals surface area contributed by atoms with Crippen molar-refractivity contribution in [2.75, 3.05) is 13.2 Å². The number of hydrogen-bond donors (Lipinski definition) is 0. The van der Waals surface area contributed by atoms with Gasteiger partial charge in [-0.05, 0) is 34.1 Å². The van der Waals surface area contributed by atoms with Crippen LogP contribution in [0.2, 0.25) is 0 Å². The number of hydrogen-bond acceptors (Lipinski definition) is 6. The molecule has 26 heavy (non-hydrogen) atoms. The normalized spacial score (nSPS) is 31.2. The van der Waals surface area contributed by atoms with Gasteiger partial charge in [0.05, 0.1) is 18.8 Å². The Morgan fingerprint density at radius 1 is 1.42 bits per heavy atom. The maximum absolute atomic E-state index is 12.5. The van der Waals surface area contributed by atoms with E-state index in [0.29, 0.717) is 18.3 Å². The van der Waals surface area contributed by atoms with E-state index in [2.05, 4.69) is 20.4 Å². The van der Waals surface area contributed by atoms with Crippen LogP contribution in [0.5, 0.6) is 0 Å². The molecule has 6 nitrogen and oxygen atoms in total. The van der Waals surface area contributed by atoms with Gasteiger partial charge in [-0.1, -0.05) is 31.7 Å². The molecule has 2 aliphatic heterocycles. The van der Waals surface area contributed by atoms with Crippen LogP contribution in [0, 0.1) is 5.92 Å². The van der Waals surface area contributed by atoms with Crippen LogP contribution in [-0.4, -0.2) is 58.6 Å². The summed E-state index contributed by atoms with van der Waals surface area (Å²) >= 11 is 1.49. The first-order valence-corrected chi connectivity index (χ1v) is 10.2. The zero-order valence-corrected chi connectivity index (χ0v) is 17.5. The first-order chi connectivity index (χ1) is 12.2. The SMILES string of the molecule is C=CCO[C@H]1[C@H](C)[C@@H](CC)O[C@@H]2SC(N(CC)C(=O)OC(C)(C)C)=N[C@H]12. The van der Waals surface area contributed by atoms with E-state index in [-0.39, 0.29) is 35.7 Å². The first-order valence-electron chi connectivity index (χ1n) is 9.34. The Balaban J connectivity index is 2.21. The fraction of sp³-hybridized carbons (Fsp3) is 0.789. The molecule has 0 aromatic carbocycles. The molecule has 1 saturated heterocycles. The third-order valence-electron chi connectivity index (χ3n) is 4.48. The van der Waals surface area contributed by atoms with Crippen LogP contribution in [0.15, 0.2) is 17.6 Å². The first kappa shape index (κ1) is 21.3. The van der Waals surface area contributed by atoms with Gasteiger partial charge < -0.3 is 14.2 Å². The lowest BCUT2D eigenvalue weighted by Gasteiger charge is -2.41. The van der Waals surface area contributed by atoms with Gasteiger partial charge in [0.1, 0.15) is 17.1 Å². The summed E-state index contributed by atoms with van der Waals surface area (Å²) in [6.07, 6.45) is 2.35. The van der Waals surface area contributed by atoms with Gasteiger partial charge in [-0.3, -0.25) is 9.89 Å². The number of carbonyl (C=O) groups excluding carboxylic acids is 1. The molecule has 0 bridgehead atoms. The van der Waals surface area contributed by atoms with Crippen LogP contribution in [0.4, 0.5) is 4.79 Å². The topological polar surface area (TPSA) is 60.4 Å². The summed E-state index contributed by atoms with van der Waals surface area (Å²) in [7, 11) is 0. The van der Waals surface area contributed by atoms with Crippen molar-refractivity contribution in [3.05, 3.63) is 12.7 Å². The van der Waals surface area contributed by atoms with E-state index in [9.17, 15) is 4.79 Å². The molecule has 0 spiro atoms. The second kappa shape index (κ2) is 8.76. The highest BCUT2D eigenvalue weighted by Gasteiger charge is 2.49. The van der Waals surface area contributed by atoms with Gasteiger partial charge >= 0.3 is 6.09 Å². The third kappa shape index (κ3) is 4.81. The largest absolute Gasteiger partial charge is 0.443 e. The number of carbonyl (C=O) groups is 1. The monoisotopic (exact) mass is 384 g/mol. The van der Waals surface area contributed by atoms with Crippen LogP contribution in [0.3, 0.4) is 0 Å². The second-order valence-corrected chi connectivity index (χ2v) is 8.71. The fourth-order valence-corrected chi connectivity index (χ4v) is 4.51. The van der Waals surface area contributed by atoms with Gasteiger partial charge in [-0.2, -0.15) is 0 Å². The quantitative estimate of drug-likeness (QED) is 0.669. The van der Waals surface area contributed by atoms with Crippen molar-refractivity contribution < 1.29 is 19.0 Å². The van der Waals surface area contributed by atoms with Crippen LogP contribution < -0.4 is 0 Å². The molecule has 0 saturated carbocycles. The maximum atomic E-state index is 12.5. The zero-order chi connectivity index (χ0) is 19.5. The number of ether oxygens (including phenoxy) is 3. The summed E-state index contributed by atoms with van der Waals surface area (Å²) < 4.78 is 17.8. The highest BCUT2D eigenvalue weighted by atomic mass is 32.2. The smallest absolute Gasteiger partial charge is 0.416 e. The average Bonchev–Trinajstić information content (AvgIpc) is 2.95. The van der Waals surface area contributed by atoms with Crippen molar-refractivity contribution in [3.8, 4) is 0 Å². The predicted molar refractivity (Wildman–Crippen MR) is 105 cm³/mol. The molecule has 0 aromatic heterocycles. The van der Waals surface area contributed by atoms with Crippen molar-refractivity contribution in [3.63, 3.8) is 0 Å². The van der Waals surface area contributed by atoms with E-state index in [1.54, 1.807) is 11.0 Å². The Morgan fingerprint density at radius 2 is 2.12 bits per heavy atom. The number of thioether (sulfide) groups is 1. The highest BCUT2D eigenvalue weighted by Crippen LogP contribution is 2.41. The summed E-state index contributed by atoms with van der Waals surface area (Å²) in [5, 5.41) is 0.646. The Morgan fingerprint density at radius 3 is 2.65 bits per heavy atom. The fourth-order valence-electron chi connectivity index (χ4n) is 3.24. The van der Waals surface area contributed by atoms with E-state index in [0.717, 1.165) is 6.42 Å². The summed E-state index contributed by atoms with van der Waals surface area (Å²) in [4.78, 5) is 18.9. The minimum atomic E-state index is -0.547. The minimum Gasteiger partial charge on any atom is -0.443 e. The molecule has 0 unspecified atom stereocenters. The van der Waals surface area contributed by atoms with E-state index in [1.807, 2.05) is 27.7 Å². The van der Waals surface area contributed by atoms with Crippen LogP contribution in [0.25, 0.3) is 0 Å². The van der Waals surface area contributed by atoms with Gasteiger partial charge in [0.15, 0.2) is 5.17 Å². The van der Waals surface area contributed by atoms with Gasteiger partial charge in [0.25, 0.3) is 0 Å². The number of aliphatic imine (C=N–C) groups is 1. The Hall–Kier alpha value is -1.05. The number of nitrogens with zero attached hydrogens (tertiary/aromatic N) is 2. The summed E-state index contributed by atoms with van der Waals surface area (Å²) in [5.41, 5.74) is -0.688. The Bertz CT molecular complexity index is 546. The standard InChI is InChI=1S/C19H32N2O4S/c1-8-11-23-15-12(4)13(9-2)24-16-14(15)20-17(26-16)21(10-3)18(22)25-19(5,6)7/h8,12-16H,1,9-11H2,2-7H3/t12-,13-,14-,15+,16-/m1/s1. The molecule has 2 rings (SSSR count). The van der Waals surface area contributed by atoms with Crippen LogP contribution >= 0.6 is 11.8 Å². The highest BCUT2D eigenvalue weighted by molar-refractivity contribution is 8.14. The van der Waals surface area contributed by atoms with Crippen molar-refractivity contribution in [1.29, 1.82) is 0 Å². The van der Waals surface area contributed by atoms with Gasteiger partial charge in [0, 0.05) is 12.5 Å². The molecule has 0 N–H and O–H groups in total. The van der Waals surface area contributed by atoms with E-state index in [4.69, 9.17) is 19.2 Å². The molecule has 2 heterocycles. The lowest BCUT2D eigenvalue weighted by atomic mass is 9.88. The van der Waals surface area contributed by atoms with Gasteiger partial charge in [0.2, 0.25) is 0 Å². The Kier molecular flexibility index (Phi) is 7.16. The molecule has 148 valence electrons. The Labute approximate surface area is 161 Å². The van der Waals surface area contributed by atoms with E-state index >= 15 is 0 Å². The van der Waals surface area contributed by atoms with Crippen molar-refractivity contribution in [2.24, 2.45) is 10.9 Å². The summed E-state index contributed by atoms with van der Waals surface area (Å²) in [5.74, 6) is 0.224. The molecule has 0 aromatic rings. The predicted octanol–water partition coefficient (Wildman–Crippen LogP) is 4.06. The molecular formula is C19H32N2O4S. The van der Waals surface area contributed by atoms with E-state index in [1.165, 1.54) is 11.8 Å². The molecule has 2 aliphatic rings.